The van der Waals surface area contributed by atoms with Crippen molar-refractivity contribution in [2.75, 3.05) is 9.80 Å². The average Bonchev–Trinajstić information content (AvgIpc) is 3.85. The van der Waals surface area contributed by atoms with Crippen molar-refractivity contribution in [2.24, 2.45) is 0 Å². The highest BCUT2D eigenvalue weighted by Gasteiger charge is 2.21. The number of anilines is 6. The van der Waals surface area contributed by atoms with Gasteiger partial charge in [-0.3, -0.25) is 4.90 Å². The molecule has 0 fully saturated rings. The molecule has 2 aromatic heterocycles. The van der Waals surface area contributed by atoms with Crippen LogP contribution in [0.2, 0.25) is 0 Å². The van der Waals surface area contributed by atoms with Crippen molar-refractivity contribution in [3.8, 4) is 22.3 Å². The third-order valence-electron chi connectivity index (χ3n) is 9.89. The Kier molecular flexibility index (Phi) is 7.73. The molecule has 0 saturated heterocycles. The lowest BCUT2D eigenvalue weighted by atomic mass is 9.94. The van der Waals surface area contributed by atoms with Crippen LogP contribution in [-0.4, -0.2) is 4.98 Å². The molecule has 0 atom stereocenters. The SMILES string of the molecule is c1ccc(N(c2ccccc2)c2cccc(-c3cccc4oc5cccc(-c6ccc(N(c7ccccc7)c7nc8ccccc8o7)cc6)c5c34)c2)cc1. The summed E-state index contributed by atoms with van der Waals surface area (Å²) in [6.45, 7) is 0. The zero-order chi connectivity index (χ0) is 35.8. The Labute approximate surface area is 312 Å². The average molecular weight is 696 g/mol. The second kappa shape index (κ2) is 13.3. The Morgan fingerprint density at radius 3 is 1.43 bits per heavy atom. The standard InChI is InChI=1S/C49H33N3O2/c1-4-16-36(17-5-1)51(37-18-6-2-7-19-37)40-22-12-15-35(33-40)42-24-14-28-46-48(42)47-41(23-13-27-45(47)53-46)34-29-31-39(32-30-34)52(38-20-8-3-9-21-38)49-50-43-25-10-11-26-44(43)54-49/h1-33H. The third-order valence-corrected chi connectivity index (χ3v) is 9.89. The number of hydrogen-bond acceptors (Lipinski definition) is 5. The first-order valence-electron chi connectivity index (χ1n) is 18.0. The number of benzene rings is 8. The van der Waals surface area contributed by atoms with Gasteiger partial charge in [0.1, 0.15) is 16.7 Å². The highest BCUT2D eigenvalue weighted by atomic mass is 16.4. The highest BCUT2D eigenvalue weighted by molar-refractivity contribution is 6.18. The molecule has 0 bridgehead atoms. The molecule has 0 aliphatic rings. The molecule has 0 unspecified atom stereocenters. The first-order chi connectivity index (χ1) is 26.8. The van der Waals surface area contributed by atoms with E-state index >= 15 is 0 Å². The van der Waals surface area contributed by atoms with Gasteiger partial charge in [-0.05, 0) is 107 Å². The smallest absolute Gasteiger partial charge is 0.307 e. The van der Waals surface area contributed by atoms with Crippen LogP contribution in [0.1, 0.15) is 0 Å². The molecular weight excluding hydrogens is 663 g/mol. The maximum Gasteiger partial charge on any atom is 0.307 e. The van der Waals surface area contributed by atoms with E-state index in [1.165, 1.54) is 0 Å². The number of hydrogen-bond donors (Lipinski definition) is 0. The Morgan fingerprint density at radius 2 is 0.815 bits per heavy atom. The van der Waals surface area contributed by atoms with Gasteiger partial charge in [0.15, 0.2) is 5.58 Å². The fraction of sp³-hybridized carbons (Fsp3) is 0. The molecule has 0 N–H and O–H groups in total. The zero-order valence-corrected chi connectivity index (χ0v) is 29.2. The largest absolute Gasteiger partial charge is 0.456 e. The molecule has 256 valence electrons. The van der Waals surface area contributed by atoms with Gasteiger partial charge in [-0.2, -0.15) is 4.98 Å². The minimum absolute atomic E-state index is 0.517. The summed E-state index contributed by atoms with van der Waals surface area (Å²) in [5.74, 6) is 0. The molecule has 0 spiro atoms. The van der Waals surface area contributed by atoms with Crippen molar-refractivity contribution in [1.29, 1.82) is 0 Å². The topological polar surface area (TPSA) is 45.7 Å². The van der Waals surface area contributed by atoms with E-state index in [1.807, 2.05) is 42.5 Å². The van der Waals surface area contributed by atoms with Gasteiger partial charge in [-0.15, -0.1) is 0 Å². The van der Waals surface area contributed by atoms with Crippen molar-refractivity contribution in [2.45, 2.75) is 0 Å². The number of oxazole rings is 1. The number of fused-ring (bicyclic) bond motifs is 4. The van der Waals surface area contributed by atoms with Crippen LogP contribution in [0.5, 0.6) is 0 Å². The van der Waals surface area contributed by atoms with E-state index in [1.54, 1.807) is 0 Å². The fourth-order valence-corrected chi connectivity index (χ4v) is 7.45. The number of nitrogens with zero attached hydrogens (tertiary/aromatic N) is 3. The molecule has 10 aromatic rings. The Bertz CT molecular complexity index is 2810. The summed E-state index contributed by atoms with van der Waals surface area (Å²) in [5.41, 5.74) is 12.9. The van der Waals surface area contributed by atoms with Gasteiger partial charge in [0.2, 0.25) is 0 Å². The molecular formula is C49H33N3O2. The summed E-state index contributed by atoms with van der Waals surface area (Å²) in [5, 5.41) is 2.18. The molecule has 5 nitrogen and oxygen atoms in total. The lowest BCUT2D eigenvalue weighted by Gasteiger charge is -2.26. The minimum atomic E-state index is 0.517. The molecule has 10 rings (SSSR count). The molecule has 0 radical (unpaired) electrons. The minimum Gasteiger partial charge on any atom is -0.456 e. The van der Waals surface area contributed by atoms with Gasteiger partial charge in [-0.25, -0.2) is 0 Å². The van der Waals surface area contributed by atoms with Crippen molar-refractivity contribution in [3.05, 3.63) is 200 Å². The van der Waals surface area contributed by atoms with Gasteiger partial charge < -0.3 is 13.7 Å². The van der Waals surface area contributed by atoms with Crippen molar-refractivity contribution in [3.63, 3.8) is 0 Å². The Hall–Kier alpha value is -7.37. The van der Waals surface area contributed by atoms with E-state index in [-0.39, 0.29) is 0 Å². The predicted molar refractivity (Wildman–Crippen MR) is 222 cm³/mol. The summed E-state index contributed by atoms with van der Waals surface area (Å²) in [6.07, 6.45) is 0. The number of furan rings is 1. The summed E-state index contributed by atoms with van der Waals surface area (Å²) >= 11 is 0. The summed E-state index contributed by atoms with van der Waals surface area (Å²) in [7, 11) is 0. The summed E-state index contributed by atoms with van der Waals surface area (Å²) in [6, 6.07) is 69.6. The molecule has 54 heavy (non-hydrogen) atoms. The van der Waals surface area contributed by atoms with Crippen LogP contribution in [0, 0.1) is 0 Å². The van der Waals surface area contributed by atoms with Crippen LogP contribution in [0.3, 0.4) is 0 Å². The van der Waals surface area contributed by atoms with Crippen LogP contribution < -0.4 is 9.80 Å². The maximum atomic E-state index is 6.56. The van der Waals surface area contributed by atoms with E-state index in [9.17, 15) is 0 Å². The summed E-state index contributed by atoms with van der Waals surface area (Å²) < 4.78 is 12.8. The van der Waals surface area contributed by atoms with Crippen molar-refractivity contribution in [1.82, 2.24) is 4.98 Å². The summed E-state index contributed by atoms with van der Waals surface area (Å²) in [4.78, 5) is 9.20. The van der Waals surface area contributed by atoms with Crippen LogP contribution >= 0.6 is 0 Å². The quantitative estimate of drug-likeness (QED) is 0.158. The third kappa shape index (κ3) is 5.56. The Balaban J connectivity index is 1.09. The number of rotatable bonds is 8. The first kappa shape index (κ1) is 31.4. The maximum absolute atomic E-state index is 6.56. The van der Waals surface area contributed by atoms with Gasteiger partial charge in [-0.1, -0.05) is 115 Å². The van der Waals surface area contributed by atoms with Crippen LogP contribution in [-0.2, 0) is 0 Å². The van der Waals surface area contributed by atoms with Crippen molar-refractivity contribution < 1.29 is 8.83 Å². The van der Waals surface area contributed by atoms with Gasteiger partial charge >= 0.3 is 6.01 Å². The molecule has 0 amide bonds. The molecule has 2 heterocycles. The second-order valence-corrected chi connectivity index (χ2v) is 13.2. The molecule has 0 saturated carbocycles. The predicted octanol–water partition coefficient (Wildman–Crippen LogP) is 14.0. The molecule has 0 aliphatic carbocycles. The number of para-hydroxylation sites is 5. The van der Waals surface area contributed by atoms with E-state index in [0.717, 1.165) is 83.7 Å². The molecule has 5 heteroatoms. The lowest BCUT2D eigenvalue weighted by Crippen LogP contribution is -2.10. The van der Waals surface area contributed by atoms with E-state index in [0.29, 0.717) is 6.01 Å². The van der Waals surface area contributed by atoms with Crippen molar-refractivity contribution >= 4 is 67.5 Å². The van der Waals surface area contributed by atoms with E-state index < -0.39 is 0 Å². The van der Waals surface area contributed by atoms with Gasteiger partial charge in [0.25, 0.3) is 0 Å². The normalized spacial score (nSPS) is 11.3. The monoisotopic (exact) mass is 695 g/mol. The second-order valence-electron chi connectivity index (χ2n) is 13.2. The lowest BCUT2D eigenvalue weighted by molar-refractivity contribution is 0.608. The van der Waals surface area contributed by atoms with Crippen LogP contribution in [0.15, 0.2) is 209 Å². The molecule has 0 aliphatic heterocycles. The number of aromatic nitrogens is 1. The fourth-order valence-electron chi connectivity index (χ4n) is 7.45. The van der Waals surface area contributed by atoms with E-state index in [2.05, 4.69) is 168 Å². The van der Waals surface area contributed by atoms with Crippen LogP contribution in [0.25, 0.3) is 55.3 Å². The Morgan fingerprint density at radius 1 is 0.333 bits per heavy atom. The zero-order valence-electron chi connectivity index (χ0n) is 29.2. The van der Waals surface area contributed by atoms with Gasteiger partial charge in [0.05, 0.1) is 11.4 Å². The van der Waals surface area contributed by atoms with Crippen LogP contribution in [0.4, 0.5) is 34.5 Å². The van der Waals surface area contributed by atoms with E-state index in [4.69, 9.17) is 13.8 Å². The molecule has 8 aromatic carbocycles. The first-order valence-corrected chi connectivity index (χ1v) is 18.0. The highest BCUT2D eigenvalue weighted by Crippen LogP contribution is 2.44. The van der Waals surface area contributed by atoms with Gasteiger partial charge in [0, 0.05) is 27.8 Å².